The van der Waals surface area contributed by atoms with Gasteiger partial charge in [0.15, 0.2) is 0 Å². The molecule has 2 saturated heterocycles. The van der Waals surface area contributed by atoms with Crippen molar-refractivity contribution >= 4 is 23.4 Å². The second-order valence-corrected chi connectivity index (χ2v) is 9.18. The van der Waals surface area contributed by atoms with E-state index in [2.05, 4.69) is 4.90 Å². The number of rotatable bonds is 3. The summed E-state index contributed by atoms with van der Waals surface area (Å²) >= 11 is 6.07. The molecule has 1 aromatic rings. The molecule has 4 rings (SSSR count). The Morgan fingerprint density at radius 3 is 2.04 bits per heavy atom. The van der Waals surface area contributed by atoms with Gasteiger partial charge in [-0.1, -0.05) is 36.6 Å². The van der Waals surface area contributed by atoms with E-state index in [1.165, 1.54) is 6.42 Å². The quantitative estimate of drug-likeness (QED) is 0.751. The molecule has 2 heterocycles. The first-order valence-corrected chi connectivity index (χ1v) is 11.3. The Morgan fingerprint density at radius 1 is 0.821 bits per heavy atom. The zero-order valence-corrected chi connectivity index (χ0v) is 17.4. The Hall–Kier alpha value is -1.55. The molecular weight excluding hydrogens is 372 g/mol. The summed E-state index contributed by atoms with van der Waals surface area (Å²) in [5, 5.41) is 0.710. The Kier molecular flexibility index (Phi) is 5.96. The van der Waals surface area contributed by atoms with Crippen LogP contribution in [0.1, 0.15) is 63.4 Å². The number of benzene rings is 1. The number of halogens is 1. The standard InChI is InChI=1S/C23H31ClN2O2/c24-20-8-6-19(7-9-20)23(12-2-3-13-23)22(28)26-16-10-18(11-17-26)21(27)25-14-4-1-5-15-25/h6-9,18H,1-5,10-17H2. The summed E-state index contributed by atoms with van der Waals surface area (Å²) in [6.45, 7) is 3.24. The predicted octanol–water partition coefficient (Wildman–Crippen LogP) is 4.40. The maximum Gasteiger partial charge on any atom is 0.233 e. The maximum atomic E-state index is 13.6. The molecule has 0 unspecified atom stereocenters. The first-order chi connectivity index (χ1) is 13.6. The van der Waals surface area contributed by atoms with Crippen LogP contribution in [0, 0.1) is 5.92 Å². The van der Waals surface area contributed by atoms with Crippen LogP contribution in [-0.2, 0) is 15.0 Å². The maximum absolute atomic E-state index is 13.6. The fourth-order valence-electron chi connectivity index (χ4n) is 5.38. The van der Waals surface area contributed by atoms with Gasteiger partial charge in [0.2, 0.25) is 11.8 Å². The zero-order valence-electron chi connectivity index (χ0n) is 16.7. The molecule has 0 N–H and O–H groups in total. The first kappa shape index (κ1) is 19.8. The summed E-state index contributed by atoms with van der Waals surface area (Å²) in [5.41, 5.74) is 0.708. The number of carbonyl (C=O) groups is 2. The zero-order chi connectivity index (χ0) is 19.6. The van der Waals surface area contributed by atoms with Crippen LogP contribution < -0.4 is 0 Å². The Bertz CT molecular complexity index is 698. The molecule has 0 spiro atoms. The van der Waals surface area contributed by atoms with E-state index in [-0.39, 0.29) is 11.8 Å². The van der Waals surface area contributed by atoms with Crippen molar-refractivity contribution < 1.29 is 9.59 Å². The molecule has 0 atom stereocenters. The highest BCUT2D eigenvalue weighted by Crippen LogP contribution is 2.43. The smallest absolute Gasteiger partial charge is 0.233 e. The molecule has 1 aliphatic carbocycles. The number of hydrogen-bond donors (Lipinski definition) is 0. The third-order valence-electron chi connectivity index (χ3n) is 7.06. The van der Waals surface area contributed by atoms with Crippen LogP contribution >= 0.6 is 11.6 Å². The van der Waals surface area contributed by atoms with E-state index < -0.39 is 5.41 Å². The van der Waals surface area contributed by atoms with Crippen LogP contribution in [0.15, 0.2) is 24.3 Å². The van der Waals surface area contributed by atoms with Crippen molar-refractivity contribution in [3.8, 4) is 0 Å². The highest BCUT2D eigenvalue weighted by Gasteiger charge is 2.45. The van der Waals surface area contributed by atoms with E-state index in [1.807, 2.05) is 29.2 Å². The summed E-state index contributed by atoms with van der Waals surface area (Å²) in [6, 6.07) is 7.85. The van der Waals surface area contributed by atoms with E-state index in [0.29, 0.717) is 24.0 Å². The van der Waals surface area contributed by atoms with E-state index in [0.717, 1.165) is 70.0 Å². The van der Waals surface area contributed by atoms with Gasteiger partial charge in [-0.2, -0.15) is 0 Å². The third-order valence-corrected chi connectivity index (χ3v) is 7.31. The number of hydrogen-bond acceptors (Lipinski definition) is 2. The topological polar surface area (TPSA) is 40.6 Å². The number of nitrogens with zero attached hydrogens (tertiary/aromatic N) is 2. The summed E-state index contributed by atoms with van der Waals surface area (Å²) in [7, 11) is 0. The van der Waals surface area contributed by atoms with Gasteiger partial charge in [-0.05, 0) is 62.6 Å². The van der Waals surface area contributed by atoms with Gasteiger partial charge in [0, 0.05) is 37.1 Å². The monoisotopic (exact) mass is 402 g/mol. The summed E-state index contributed by atoms with van der Waals surface area (Å²) in [6.07, 6.45) is 9.13. The molecule has 152 valence electrons. The molecule has 3 aliphatic rings. The minimum Gasteiger partial charge on any atom is -0.342 e. The number of piperidine rings is 2. The molecule has 3 fully saturated rings. The van der Waals surface area contributed by atoms with Crippen LogP contribution in [-0.4, -0.2) is 47.8 Å². The van der Waals surface area contributed by atoms with E-state index in [1.54, 1.807) is 0 Å². The van der Waals surface area contributed by atoms with Gasteiger partial charge in [-0.25, -0.2) is 0 Å². The molecule has 2 amide bonds. The highest BCUT2D eigenvalue weighted by molar-refractivity contribution is 6.30. The van der Waals surface area contributed by atoms with Crippen molar-refractivity contribution in [1.29, 1.82) is 0 Å². The lowest BCUT2D eigenvalue weighted by atomic mass is 9.77. The second kappa shape index (κ2) is 8.44. The number of carbonyl (C=O) groups excluding carboxylic acids is 2. The lowest BCUT2D eigenvalue weighted by Gasteiger charge is -2.40. The minimum absolute atomic E-state index is 0.0946. The summed E-state index contributed by atoms with van der Waals surface area (Å²) < 4.78 is 0. The van der Waals surface area contributed by atoms with E-state index in [9.17, 15) is 9.59 Å². The molecule has 1 aromatic carbocycles. The second-order valence-electron chi connectivity index (χ2n) is 8.75. The van der Waals surface area contributed by atoms with Gasteiger partial charge in [0.05, 0.1) is 5.41 Å². The van der Waals surface area contributed by atoms with Crippen molar-refractivity contribution in [1.82, 2.24) is 9.80 Å². The van der Waals surface area contributed by atoms with Gasteiger partial charge in [0.25, 0.3) is 0 Å². The molecule has 4 nitrogen and oxygen atoms in total. The average molecular weight is 403 g/mol. The van der Waals surface area contributed by atoms with Crippen LogP contribution in [0.3, 0.4) is 0 Å². The van der Waals surface area contributed by atoms with Crippen molar-refractivity contribution in [3.63, 3.8) is 0 Å². The fraction of sp³-hybridized carbons (Fsp3) is 0.652. The normalized spacial score (nSPS) is 23.0. The molecule has 1 saturated carbocycles. The Balaban J connectivity index is 1.42. The van der Waals surface area contributed by atoms with Gasteiger partial charge >= 0.3 is 0 Å². The molecule has 28 heavy (non-hydrogen) atoms. The van der Waals surface area contributed by atoms with Gasteiger partial charge in [0.1, 0.15) is 0 Å². The largest absolute Gasteiger partial charge is 0.342 e. The van der Waals surface area contributed by atoms with Gasteiger partial charge in [-0.15, -0.1) is 0 Å². The van der Waals surface area contributed by atoms with Crippen LogP contribution in [0.4, 0.5) is 0 Å². The van der Waals surface area contributed by atoms with Gasteiger partial charge < -0.3 is 9.80 Å². The molecule has 0 radical (unpaired) electrons. The van der Waals surface area contributed by atoms with Crippen molar-refractivity contribution in [3.05, 3.63) is 34.9 Å². The molecule has 2 aliphatic heterocycles. The highest BCUT2D eigenvalue weighted by atomic mass is 35.5. The lowest BCUT2D eigenvalue weighted by Crippen LogP contribution is -2.50. The molecule has 5 heteroatoms. The SMILES string of the molecule is O=C(C1CCN(C(=O)C2(c3ccc(Cl)cc3)CCCC2)CC1)N1CCCCC1. The van der Waals surface area contributed by atoms with Crippen molar-refractivity contribution in [2.45, 2.75) is 63.2 Å². The van der Waals surface area contributed by atoms with E-state index in [4.69, 9.17) is 11.6 Å². The molecule has 0 aromatic heterocycles. The predicted molar refractivity (Wildman–Crippen MR) is 111 cm³/mol. The number of likely N-dealkylation sites (tertiary alicyclic amines) is 2. The van der Waals surface area contributed by atoms with Crippen molar-refractivity contribution in [2.75, 3.05) is 26.2 Å². The Morgan fingerprint density at radius 2 is 1.43 bits per heavy atom. The average Bonchev–Trinajstić information content (AvgIpc) is 3.25. The lowest BCUT2D eigenvalue weighted by molar-refractivity contribution is -0.144. The fourth-order valence-corrected chi connectivity index (χ4v) is 5.50. The number of amides is 2. The summed E-state index contributed by atoms with van der Waals surface area (Å²) in [5.74, 6) is 0.675. The van der Waals surface area contributed by atoms with Crippen LogP contribution in [0.5, 0.6) is 0 Å². The van der Waals surface area contributed by atoms with E-state index >= 15 is 0 Å². The van der Waals surface area contributed by atoms with Crippen molar-refractivity contribution in [2.24, 2.45) is 5.92 Å². The van der Waals surface area contributed by atoms with Crippen LogP contribution in [0.25, 0.3) is 0 Å². The summed E-state index contributed by atoms with van der Waals surface area (Å²) in [4.78, 5) is 30.5. The minimum atomic E-state index is -0.395. The molecular formula is C23H31ClN2O2. The van der Waals surface area contributed by atoms with Gasteiger partial charge in [-0.3, -0.25) is 9.59 Å². The first-order valence-electron chi connectivity index (χ1n) is 10.9. The Labute approximate surface area is 173 Å². The third kappa shape index (κ3) is 3.80. The molecule has 0 bridgehead atoms. The van der Waals surface area contributed by atoms with Crippen LogP contribution in [0.2, 0.25) is 5.02 Å².